The summed E-state index contributed by atoms with van der Waals surface area (Å²) in [6.45, 7) is 7.16. The van der Waals surface area contributed by atoms with E-state index in [2.05, 4.69) is 0 Å². The molecule has 2 amide bonds. The number of hydrogen-bond donors (Lipinski definition) is 0. The van der Waals surface area contributed by atoms with Crippen LogP contribution in [0.5, 0.6) is 5.75 Å². The van der Waals surface area contributed by atoms with Gasteiger partial charge in [0.1, 0.15) is 5.75 Å². The molecular weight excluding hydrogens is 360 g/mol. The van der Waals surface area contributed by atoms with E-state index in [1.165, 1.54) is 0 Å². The van der Waals surface area contributed by atoms with Crippen LogP contribution in [0, 0.1) is 0 Å². The van der Waals surface area contributed by atoms with Crippen LogP contribution in [0.1, 0.15) is 46.5 Å². The monoisotopic (exact) mass is 390 g/mol. The quantitative estimate of drug-likeness (QED) is 0.574. The van der Waals surface area contributed by atoms with Gasteiger partial charge in [0.2, 0.25) is 5.91 Å². The van der Waals surface area contributed by atoms with E-state index < -0.39 is 6.10 Å². The molecule has 0 saturated heterocycles. The third-order valence-electron chi connectivity index (χ3n) is 4.62. The van der Waals surface area contributed by atoms with E-state index in [9.17, 15) is 14.4 Å². The number of benzene rings is 1. The molecular formula is C21H30N2O5. The number of amides is 2. The lowest BCUT2D eigenvalue weighted by Gasteiger charge is -2.34. The van der Waals surface area contributed by atoms with Crippen molar-refractivity contribution in [1.82, 2.24) is 4.90 Å². The van der Waals surface area contributed by atoms with Gasteiger partial charge in [-0.2, -0.15) is 0 Å². The fourth-order valence-electron chi connectivity index (χ4n) is 3.22. The maximum absolute atomic E-state index is 12.7. The zero-order valence-electron chi connectivity index (χ0n) is 17.0. The van der Waals surface area contributed by atoms with E-state index in [0.717, 1.165) is 6.42 Å². The summed E-state index contributed by atoms with van der Waals surface area (Å²) in [6, 6.07) is 7.37. The average Bonchev–Trinajstić information content (AvgIpc) is 2.70. The first kappa shape index (κ1) is 21.7. The molecule has 2 rings (SSSR count). The van der Waals surface area contributed by atoms with E-state index in [1.54, 1.807) is 16.7 Å². The van der Waals surface area contributed by atoms with Gasteiger partial charge in [-0.3, -0.25) is 14.4 Å². The first-order valence-electron chi connectivity index (χ1n) is 10.0. The molecule has 154 valence electrons. The van der Waals surface area contributed by atoms with Crippen LogP contribution in [0.4, 0.5) is 5.69 Å². The van der Waals surface area contributed by atoms with Gasteiger partial charge in [-0.25, -0.2) is 0 Å². The Morgan fingerprint density at radius 3 is 2.57 bits per heavy atom. The number of hydrogen-bond acceptors (Lipinski definition) is 5. The Labute approximate surface area is 166 Å². The third-order valence-corrected chi connectivity index (χ3v) is 4.62. The second-order valence-electron chi connectivity index (χ2n) is 6.66. The highest BCUT2D eigenvalue weighted by molar-refractivity contribution is 6.00. The fourth-order valence-corrected chi connectivity index (χ4v) is 3.22. The largest absolute Gasteiger partial charge is 0.478 e. The maximum atomic E-state index is 12.7. The number of rotatable bonds is 10. The number of ether oxygens (including phenoxy) is 2. The van der Waals surface area contributed by atoms with E-state index in [0.29, 0.717) is 37.6 Å². The van der Waals surface area contributed by atoms with Crippen LogP contribution in [0.15, 0.2) is 24.3 Å². The second kappa shape index (κ2) is 10.7. The minimum Gasteiger partial charge on any atom is -0.478 e. The predicted octanol–water partition coefficient (Wildman–Crippen LogP) is 2.77. The van der Waals surface area contributed by atoms with Crippen molar-refractivity contribution in [2.75, 3.05) is 31.1 Å². The molecule has 7 nitrogen and oxygen atoms in total. The highest BCUT2D eigenvalue weighted by Gasteiger charge is 2.33. The van der Waals surface area contributed by atoms with Crippen LogP contribution in [-0.2, 0) is 19.1 Å². The van der Waals surface area contributed by atoms with Gasteiger partial charge in [-0.1, -0.05) is 26.0 Å². The molecule has 0 bridgehead atoms. The highest BCUT2D eigenvalue weighted by Crippen LogP contribution is 2.34. The molecule has 0 spiro atoms. The zero-order valence-corrected chi connectivity index (χ0v) is 17.0. The van der Waals surface area contributed by atoms with E-state index in [-0.39, 0.29) is 37.2 Å². The lowest BCUT2D eigenvalue weighted by atomic mass is 10.1. The summed E-state index contributed by atoms with van der Waals surface area (Å²) < 4.78 is 10.7. The lowest BCUT2D eigenvalue weighted by molar-refractivity contribution is -0.144. The van der Waals surface area contributed by atoms with Crippen molar-refractivity contribution < 1.29 is 23.9 Å². The van der Waals surface area contributed by atoms with Crippen molar-refractivity contribution in [3.8, 4) is 5.75 Å². The smallest absolute Gasteiger partial charge is 0.307 e. The summed E-state index contributed by atoms with van der Waals surface area (Å²) in [5, 5.41) is 0. The fraction of sp³-hybridized carbons (Fsp3) is 0.571. The van der Waals surface area contributed by atoms with Crippen molar-refractivity contribution in [2.45, 2.75) is 52.6 Å². The van der Waals surface area contributed by atoms with Crippen molar-refractivity contribution in [2.24, 2.45) is 0 Å². The number of esters is 1. The molecule has 1 aromatic carbocycles. The Balaban J connectivity index is 2.02. The molecule has 0 aliphatic carbocycles. The van der Waals surface area contributed by atoms with Crippen molar-refractivity contribution in [3.63, 3.8) is 0 Å². The first-order chi connectivity index (χ1) is 13.5. The van der Waals surface area contributed by atoms with Crippen LogP contribution >= 0.6 is 0 Å². The van der Waals surface area contributed by atoms with Gasteiger partial charge in [0.15, 0.2) is 6.10 Å². The molecule has 0 radical (unpaired) electrons. The Kier molecular flexibility index (Phi) is 8.29. The Bertz CT molecular complexity index is 691. The Hall–Kier alpha value is -2.57. The zero-order chi connectivity index (χ0) is 20.5. The maximum Gasteiger partial charge on any atom is 0.307 e. The molecule has 1 unspecified atom stereocenters. The number of anilines is 1. The summed E-state index contributed by atoms with van der Waals surface area (Å²) >= 11 is 0. The molecule has 0 N–H and O–H groups in total. The standard InChI is InChI=1S/C21H30N2O5/c1-4-13-22(14-12-20(25)27-6-3)19(24)11-15-23-16-9-7-8-10-18(16)28-17(5-2)21(23)26/h7-10,17H,4-6,11-15H2,1-3H3. The van der Waals surface area contributed by atoms with Gasteiger partial charge >= 0.3 is 5.97 Å². The number of nitrogens with zero attached hydrogens (tertiary/aromatic N) is 2. The minimum atomic E-state index is -0.527. The van der Waals surface area contributed by atoms with Crippen molar-refractivity contribution in [1.29, 1.82) is 0 Å². The van der Waals surface area contributed by atoms with Crippen LogP contribution in [0.25, 0.3) is 0 Å². The normalized spacial score (nSPS) is 15.6. The van der Waals surface area contributed by atoms with Crippen molar-refractivity contribution in [3.05, 3.63) is 24.3 Å². The number of carbonyl (C=O) groups excluding carboxylic acids is 3. The molecule has 1 aliphatic rings. The molecule has 1 aromatic rings. The molecule has 1 aliphatic heterocycles. The third kappa shape index (κ3) is 5.47. The topological polar surface area (TPSA) is 76.2 Å². The Morgan fingerprint density at radius 1 is 1.14 bits per heavy atom. The number of para-hydroxylation sites is 2. The average molecular weight is 390 g/mol. The van der Waals surface area contributed by atoms with Gasteiger partial charge in [0, 0.05) is 26.1 Å². The van der Waals surface area contributed by atoms with Gasteiger partial charge < -0.3 is 19.3 Å². The van der Waals surface area contributed by atoms with Crippen LogP contribution in [-0.4, -0.2) is 55.0 Å². The van der Waals surface area contributed by atoms with Gasteiger partial charge in [0.05, 0.1) is 18.7 Å². The van der Waals surface area contributed by atoms with Crippen LogP contribution < -0.4 is 9.64 Å². The summed E-state index contributed by atoms with van der Waals surface area (Å²) in [6.07, 6.45) is 1.21. The molecule has 0 saturated carbocycles. The van der Waals surface area contributed by atoms with Gasteiger partial charge in [-0.05, 0) is 31.9 Å². The summed E-state index contributed by atoms with van der Waals surface area (Å²) in [5.74, 6) is 0.159. The summed E-state index contributed by atoms with van der Waals surface area (Å²) in [7, 11) is 0. The predicted molar refractivity (Wildman–Crippen MR) is 106 cm³/mol. The Morgan fingerprint density at radius 2 is 1.89 bits per heavy atom. The highest BCUT2D eigenvalue weighted by atomic mass is 16.5. The van der Waals surface area contributed by atoms with Crippen molar-refractivity contribution >= 4 is 23.5 Å². The van der Waals surface area contributed by atoms with E-state index in [1.807, 2.05) is 38.1 Å². The van der Waals surface area contributed by atoms with Crippen LogP contribution in [0.2, 0.25) is 0 Å². The molecule has 1 heterocycles. The second-order valence-corrected chi connectivity index (χ2v) is 6.66. The summed E-state index contributed by atoms with van der Waals surface area (Å²) in [4.78, 5) is 40.4. The molecule has 0 aromatic heterocycles. The first-order valence-corrected chi connectivity index (χ1v) is 10.0. The van der Waals surface area contributed by atoms with Gasteiger partial charge in [0.25, 0.3) is 5.91 Å². The number of carbonyl (C=O) groups is 3. The molecule has 1 atom stereocenters. The van der Waals surface area contributed by atoms with E-state index >= 15 is 0 Å². The lowest BCUT2D eigenvalue weighted by Crippen LogP contribution is -2.47. The minimum absolute atomic E-state index is 0.0732. The van der Waals surface area contributed by atoms with Crippen LogP contribution in [0.3, 0.4) is 0 Å². The number of fused-ring (bicyclic) bond motifs is 1. The molecule has 0 fully saturated rings. The molecule has 28 heavy (non-hydrogen) atoms. The van der Waals surface area contributed by atoms with Gasteiger partial charge in [-0.15, -0.1) is 0 Å². The van der Waals surface area contributed by atoms with E-state index in [4.69, 9.17) is 9.47 Å². The SMILES string of the molecule is CCCN(CCC(=O)OCC)C(=O)CCN1C(=O)C(CC)Oc2ccccc21. The molecule has 7 heteroatoms. The summed E-state index contributed by atoms with van der Waals surface area (Å²) in [5.41, 5.74) is 0.693.